The molecule has 0 aliphatic carbocycles. The lowest BCUT2D eigenvalue weighted by Crippen LogP contribution is -2.03. The van der Waals surface area contributed by atoms with Crippen molar-refractivity contribution in [2.45, 2.75) is 0 Å². The van der Waals surface area contributed by atoms with Gasteiger partial charge in [0, 0.05) is 5.56 Å². The SMILES string of the molecule is O=C(O)c1cc(F)ccc1-c1ccc(F)c(F)c1F. The maximum atomic E-state index is 13.6. The first kappa shape index (κ1) is 13.1. The fourth-order valence-electron chi connectivity index (χ4n) is 1.66. The Morgan fingerprint density at radius 1 is 0.895 bits per heavy atom. The highest BCUT2D eigenvalue weighted by Gasteiger charge is 2.19. The zero-order chi connectivity index (χ0) is 14.2. The molecule has 6 heteroatoms. The van der Waals surface area contributed by atoms with Crippen LogP contribution in [-0.2, 0) is 0 Å². The molecular formula is C13H6F4O2. The number of hydrogen-bond acceptors (Lipinski definition) is 1. The number of benzene rings is 2. The summed E-state index contributed by atoms with van der Waals surface area (Å²) < 4.78 is 52.5. The van der Waals surface area contributed by atoms with Crippen LogP contribution in [0.25, 0.3) is 11.1 Å². The highest BCUT2D eigenvalue weighted by atomic mass is 19.2. The molecule has 0 saturated carbocycles. The molecule has 0 fully saturated rings. The van der Waals surface area contributed by atoms with E-state index < -0.39 is 40.4 Å². The van der Waals surface area contributed by atoms with Gasteiger partial charge in [-0.1, -0.05) is 6.07 Å². The lowest BCUT2D eigenvalue weighted by molar-refractivity contribution is 0.0697. The highest BCUT2D eigenvalue weighted by Crippen LogP contribution is 2.29. The Bertz CT molecular complexity index is 668. The van der Waals surface area contributed by atoms with Crippen LogP contribution in [0.3, 0.4) is 0 Å². The van der Waals surface area contributed by atoms with Crippen molar-refractivity contribution in [3.05, 3.63) is 59.2 Å². The summed E-state index contributed by atoms with van der Waals surface area (Å²) in [5.41, 5.74) is -1.22. The van der Waals surface area contributed by atoms with Crippen molar-refractivity contribution < 1.29 is 27.5 Å². The van der Waals surface area contributed by atoms with E-state index in [0.29, 0.717) is 12.1 Å². The topological polar surface area (TPSA) is 37.3 Å². The number of carboxylic acid groups (broad SMARTS) is 1. The molecule has 2 aromatic rings. The molecule has 0 radical (unpaired) electrons. The Balaban J connectivity index is 2.72. The van der Waals surface area contributed by atoms with Gasteiger partial charge in [0.05, 0.1) is 5.56 Å². The molecule has 19 heavy (non-hydrogen) atoms. The molecule has 0 aromatic heterocycles. The molecule has 0 unspecified atom stereocenters. The van der Waals surface area contributed by atoms with Gasteiger partial charge < -0.3 is 5.11 Å². The van der Waals surface area contributed by atoms with Gasteiger partial charge in [0.25, 0.3) is 0 Å². The van der Waals surface area contributed by atoms with Gasteiger partial charge in [0.2, 0.25) is 0 Å². The summed E-state index contributed by atoms with van der Waals surface area (Å²) in [6.45, 7) is 0. The van der Waals surface area contributed by atoms with Gasteiger partial charge in [-0.3, -0.25) is 0 Å². The second kappa shape index (κ2) is 4.72. The highest BCUT2D eigenvalue weighted by molar-refractivity contribution is 5.96. The molecule has 0 aliphatic heterocycles. The van der Waals surface area contributed by atoms with Crippen LogP contribution in [0.15, 0.2) is 30.3 Å². The minimum absolute atomic E-state index is 0.231. The molecule has 0 heterocycles. The monoisotopic (exact) mass is 270 g/mol. The first-order valence-corrected chi connectivity index (χ1v) is 5.08. The molecule has 0 amide bonds. The minimum atomic E-state index is -1.71. The summed E-state index contributed by atoms with van der Waals surface area (Å²) in [5, 5.41) is 8.91. The van der Waals surface area contributed by atoms with E-state index in [1.807, 2.05) is 0 Å². The van der Waals surface area contributed by atoms with Gasteiger partial charge >= 0.3 is 5.97 Å². The van der Waals surface area contributed by atoms with Crippen molar-refractivity contribution in [3.8, 4) is 11.1 Å². The number of carboxylic acids is 1. The Labute approximate surface area is 104 Å². The zero-order valence-electron chi connectivity index (χ0n) is 9.25. The third kappa shape index (κ3) is 2.29. The number of halogens is 4. The first-order valence-electron chi connectivity index (χ1n) is 5.08. The summed E-state index contributed by atoms with van der Waals surface area (Å²) >= 11 is 0. The molecule has 2 nitrogen and oxygen atoms in total. The molecule has 0 atom stereocenters. The van der Waals surface area contributed by atoms with E-state index in [2.05, 4.69) is 0 Å². The maximum Gasteiger partial charge on any atom is 0.336 e. The Morgan fingerprint density at radius 3 is 2.16 bits per heavy atom. The lowest BCUT2D eigenvalue weighted by Gasteiger charge is -2.08. The van der Waals surface area contributed by atoms with Crippen molar-refractivity contribution in [3.63, 3.8) is 0 Å². The van der Waals surface area contributed by atoms with E-state index in [1.165, 1.54) is 0 Å². The molecule has 0 saturated heterocycles. The second-order valence-corrected chi connectivity index (χ2v) is 3.72. The van der Waals surface area contributed by atoms with E-state index in [-0.39, 0.29) is 5.56 Å². The first-order chi connectivity index (χ1) is 8.91. The standard InChI is InChI=1S/C13H6F4O2/c14-6-1-2-7(9(5-6)13(18)19)8-3-4-10(15)12(17)11(8)16/h1-5H,(H,18,19). The van der Waals surface area contributed by atoms with E-state index in [9.17, 15) is 22.4 Å². The van der Waals surface area contributed by atoms with Gasteiger partial charge in [0.1, 0.15) is 5.82 Å². The van der Waals surface area contributed by atoms with Crippen molar-refractivity contribution in [2.24, 2.45) is 0 Å². The van der Waals surface area contributed by atoms with Crippen LogP contribution in [0, 0.1) is 23.3 Å². The largest absolute Gasteiger partial charge is 0.478 e. The van der Waals surface area contributed by atoms with Crippen LogP contribution in [0.2, 0.25) is 0 Å². The third-order valence-corrected chi connectivity index (χ3v) is 2.54. The average Bonchev–Trinajstić information content (AvgIpc) is 2.37. The Kier molecular flexibility index (Phi) is 3.25. The Hall–Kier alpha value is -2.37. The minimum Gasteiger partial charge on any atom is -0.478 e. The normalized spacial score (nSPS) is 10.5. The predicted octanol–water partition coefficient (Wildman–Crippen LogP) is 3.61. The molecule has 0 aliphatic rings. The number of rotatable bonds is 2. The van der Waals surface area contributed by atoms with E-state index in [1.54, 1.807) is 0 Å². The summed E-state index contributed by atoms with van der Waals surface area (Å²) in [5.74, 6) is -6.95. The quantitative estimate of drug-likeness (QED) is 0.668. The number of aromatic carboxylic acids is 1. The van der Waals surface area contributed by atoms with Crippen molar-refractivity contribution >= 4 is 5.97 Å². The van der Waals surface area contributed by atoms with Gasteiger partial charge in [-0.15, -0.1) is 0 Å². The summed E-state index contributed by atoms with van der Waals surface area (Å²) in [7, 11) is 0. The third-order valence-electron chi connectivity index (χ3n) is 2.54. The molecule has 2 aromatic carbocycles. The summed E-state index contributed by atoms with van der Waals surface area (Å²) in [6, 6.07) is 4.14. The summed E-state index contributed by atoms with van der Waals surface area (Å²) in [4.78, 5) is 11.0. The van der Waals surface area contributed by atoms with Crippen LogP contribution < -0.4 is 0 Å². The van der Waals surface area contributed by atoms with Gasteiger partial charge in [-0.2, -0.15) is 0 Å². The molecule has 0 spiro atoms. The molecule has 98 valence electrons. The van der Waals surface area contributed by atoms with Gasteiger partial charge in [-0.25, -0.2) is 22.4 Å². The van der Waals surface area contributed by atoms with Gasteiger partial charge in [0.15, 0.2) is 17.5 Å². The maximum absolute atomic E-state index is 13.6. The molecule has 1 N–H and O–H groups in total. The zero-order valence-corrected chi connectivity index (χ0v) is 9.25. The van der Waals surface area contributed by atoms with Crippen LogP contribution in [0.4, 0.5) is 17.6 Å². The van der Waals surface area contributed by atoms with Crippen molar-refractivity contribution in [1.29, 1.82) is 0 Å². The van der Waals surface area contributed by atoms with Crippen LogP contribution in [0.1, 0.15) is 10.4 Å². The Morgan fingerprint density at radius 2 is 1.53 bits per heavy atom. The number of hydrogen-bond donors (Lipinski definition) is 1. The smallest absolute Gasteiger partial charge is 0.336 e. The van der Waals surface area contributed by atoms with Crippen molar-refractivity contribution in [2.75, 3.05) is 0 Å². The van der Waals surface area contributed by atoms with E-state index >= 15 is 0 Å². The lowest BCUT2D eigenvalue weighted by atomic mass is 9.99. The molecular weight excluding hydrogens is 264 g/mol. The number of carbonyl (C=O) groups is 1. The van der Waals surface area contributed by atoms with Crippen LogP contribution in [-0.4, -0.2) is 11.1 Å². The van der Waals surface area contributed by atoms with Crippen molar-refractivity contribution in [1.82, 2.24) is 0 Å². The van der Waals surface area contributed by atoms with Crippen LogP contribution in [0.5, 0.6) is 0 Å². The predicted molar refractivity (Wildman–Crippen MR) is 58.7 cm³/mol. The fraction of sp³-hybridized carbons (Fsp3) is 0. The van der Waals surface area contributed by atoms with E-state index in [4.69, 9.17) is 5.11 Å². The molecule has 2 rings (SSSR count). The average molecular weight is 270 g/mol. The second-order valence-electron chi connectivity index (χ2n) is 3.72. The van der Waals surface area contributed by atoms with E-state index in [0.717, 1.165) is 18.2 Å². The molecule has 0 bridgehead atoms. The summed E-state index contributed by atoms with van der Waals surface area (Å²) in [6.07, 6.45) is 0. The van der Waals surface area contributed by atoms with Gasteiger partial charge in [-0.05, 0) is 29.8 Å². The fourth-order valence-corrected chi connectivity index (χ4v) is 1.66. The van der Waals surface area contributed by atoms with Crippen LogP contribution >= 0.6 is 0 Å².